The van der Waals surface area contributed by atoms with E-state index in [0.29, 0.717) is 34.9 Å². The summed E-state index contributed by atoms with van der Waals surface area (Å²) in [6.45, 7) is 9.95. The lowest BCUT2D eigenvalue weighted by Crippen LogP contribution is -2.07. The van der Waals surface area contributed by atoms with Gasteiger partial charge in [0.2, 0.25) is 5.95 Å². The number of sulfone groups is 2. The Morgan fingerprint density at radius 1 is 0.689 bits per heavy atom. The van der Waals surface area contributed by atoms with Gasteiger partial charge in [-0.15, -0.1) is 0 Å². The molecule has 13 heteroatoms. The zero-order valence-electron chi connectivity index (χ0n) is 26.2. The molecule has 4 rings (SSSR count). The highest BCUT2D eigenvalue weighted by Gasteiger charge is 2.11. The predicted molar refractivity (Wildman–Crippen MR) is 181 cm³/mol. The molecule has 0 amide bonds. The van der Waals surface area contributed by atoms with Crippen LogP contribution in [-0.4, -0.2) is 50.7 Å². The van der Waals surface area contributed by atoms with Crippen molar-refractivity contribution >= 4 is 54.4 Å². The lowest BCUT2D eigenvalue weighted by atomic mass is 9.98. The first kappa shape index (κ1) is 33.3. The SMILES string of the molecule is CC(=NNc1cc(NN=C(C)c2ccc(S(C)(=O)=O)cc2)nc(Nc2ccc(C(C)C)c(C)c2)n1)c1ccc(S(C)(=O)=O)cc1. The van der Waals surface area contributed by atoms with Gasteiger partial charge in [0.05, 0.1) is 21.2 Å². The summed E-state index contributed by atoms with van der Waals surface area (Å²) in [6.07, 6.45) is 2.33. The molecule has 0 aliphatic carbocycles. The van der Waals surface area contributed by atoms with Crippen LogP contribution in [0, 0.1) is 6.92 Å². The lowest BCUT2D eigenvalue weighted by Gasteiger charge is -2.13. The van der Waals surface area contributed by atoms with Gasteiger partial charge in [-0.1, -0.05) is 44.2 Å². The van der Waals surface area contributed by atoms with Gasteiger partial charge in [-0.2, -0.15) is 20.2 Å². The highest BCUT2D eigenvalue weighted by molar-refractivity contribution is 7.91. The summed E-state index contributed by atoms with van der Waals surface area (Å²) >= 11 is 0. The van der Waals surface area contributed by atoms with Crippen molar-refractivity contribution in [2.75, 3.05) is 28.7 Å². The Labute approximate surface area is 264 Å². The minimum absolute atomic E-state index is 0.230. The minimum Gasteiger partial charge on any atom is -0.324 e. The molecule has 0 fully saturated rings. The van der Waals surface area contributed by atoms with Crippen LogP contribution < -0.4 is 16.2 Å². The van der Waals surface area contributed by atoms with Gasteiger partial charge in [-0.3, -0.25) is 10.9 Å². The number of rotatable bonds is 11. The molecule has 0 radical (unpaired) electrons. The maximum absolute atomic E-state index is 11.8. The Kier molecular flexibility index (Phi) is 10.0. The van der Waals surface area contributed by atoms with Crippen LogP contribution >= 0.6 is 0 Å². The van der Waals surface area contributed by atoms with Gasteiger partial charge in [0, 0.05) is 24.3 Å². The normalized spacial score (nSPS) is 12.7. The number of nitrogens with zero attached hydrogens (tertiary/aromatic N) is 4. The molecule has 3 aromatic carbocycles. The van der Waals surface area contributed by atoms with Crippen molar-refractivity contribution in [1.82, 2.24) is 9.97 Å². The molecule has 236 valence electrons. The predicted octanol–water partition coefficient (Wildman–Crippen LogP) is 6.13. The largest absolute Gasteiger partial charge is 0.324 e. The van der Waals surface area contributed by atoms with Gasteiger partial charge in [-0.25, -0.2) is 16.8 Å². The monoisotopic (exact) mass is 647 g/mol. The molecule has 1 aromatic heterocycles. The molecule has 0 aliphatic rings. The van der Waals surface area contributed by atoms with E-state index in [4.69, 9.17) is 0 Å². The van der Waals surface area contributed by atoms with E-state index in [1.807, 2.05) is 12.1 Å². The smallest absolute Gasteiger partial charge is 0.231 e. The van der Waals surface area contributed by atoms with Crippen molar-refractivity contribution < 1.29 is 16.8 Å². The molecule has 0 saturated carbocycles. The van der Waals surface area contributed by atoms with Crippen molar-refractivity contribution in [3.05, 3.63) is 95.1 Å². The van der Waals surface area contributed by atoms with E-state index in [9.17, 15) is 16.8 Å². The van der Waals surface area contributed by atoms with E-state index in [1.165, 1.54) is 5.56 Å². The second-order valence-electron chi connectivity index (χ2n) is 11.0. The quantitative estimate of drug-likeness (QED) is 0.129. The molecular weight excluding hydrogens is 611 g/mol. The molecule has 0 spiro atoms. The Hall–Kier alpha value is -4.62. The molecule has 0 saturated heterocycles. The van der Waals surface area contributed by atoms with Crippen LogP contribution in [0.5, 0.6) is 0 Å². The van der Waals surface area contributed by atoms with Crippen LogP contribution in [0.25, 0.3) is 0 Å². The van der Waals surface area contributed by atoms with Crippen LogP contribution in [0.15, 0.2) is 92.8 Å². The number of hydrogen-bond acceptors (Lipinski definition) is 11. The van der Waals surface area contributed by atoms with E-state index in [1.54, 1.807) is 68.4 Å². The molecule has 11 nitrogen and oxygen atoms in total. The molecule has 0 aliphatic heterocycles. The summed E-state index contributed by atoms with van der Waals surface area (Å²) < 4.78 is 47.2. The third kappa shape index (κ3) is 8.96. The molecular formula is C32H37N7O4S2. The number of aromatic nitrogens is 2. The first-order valence-corrected chi connectivity index (χ1v) is 17.9. The van der Waals surface area contributed by atoms with E-state index in [0.717, 1.165) is 34.9 Å². The van der Waals surface area contributed by atoms with Gasteiger partial charge in [-0.05, 0) is 85.3 Å². The Balaban J connectivity index is 1.62. The van der Waals surface area contributed by atoms with Crippen molar-refractivity contribution in [1.29, 1.82) is 0 Å². The summed E-state index contributed by atoms with van der Waals surface area (Å²) in [5.41, 5.74) is 11.8. The number of hydrogen-bond donors (Lipinski definition) is 3. The fraction of sp³-hybridized carbons (Fsp3) is 0.250. The standard InChI is InChI=1S/C32H37N7O4S2/c1-20(2)29-17-12-26(18-21(29)3)33-32-34-30(38-36-22(4)24-8-13-27(14-9-24)44(6,40)41)19-31(35-32)39-37-23(5)25-10-15-28(16-11-25)45(7,42)43/h8-20H,1-7H3,(H3,33,34,35,38,39). The number of benzene rings is 3. The van der Waals surface area contributed by atoms with Crippen LogP contribution in [0.4, 0.5) is 23.3 Å². The van der Waals surface area contributed by atoms with Crippen LogP contribution in [0.3, 0.4) is 0 Å². The van der Waals surface area contributed by atoms with E-state index >= 15 is 0 Å². The Bertz CT molecular complexity index is 1860. The molecule has 3 N–H and O–H groups in total. The van der Waals surface area contributed by atoms with Gasteiger partial charge in [0.15, 0.2) is 31.3 Å². The maximum Gasteiger partial charge on any atom is 0.231 e. The molecule has 0 atom stereocenters. The average Bonchev–Trinajstić information content (AvgIpc) is 2.97. The molecule has 1 heterocycles. The summed E-state index contributed by atoms with van der Waals surface area (Å²) in [5.74, 6) is 1.45. The Morgan fingerprint density at radius 2 is 1.13 bits per heavy atom. The summed E-state index contributed by atoms with van der Waals surface area (Å²) in [6, 6.07) is 20.7. The van der Waals surface area contributed by atoms with Gasteiger partial charge >= 0.3 is 0 Å². The van der Waals surface area contributed by atoms with E-state index in [-0.39, 0.29) is 9.79 Å². The van der Waals surface area contributed by atoms with Crippen LogP contribution in [0.1, 0.15) is 55.9 Å². The molecule has 0 unspecified atom stereocenters. The number of anilines is 4. The van der Waals surface area contributed by atoms with Crippen molar-refractivity contribution in [2.24, 2.45) is 10.2 Å². The first-order valence-electron chi connectivity index (χ1n) is 14.1. The van der Waals surface area contributed by atoms with Crippen LogP contribution in [-0.2, 0) is 19.7 Å². The van der Waals surface area contributed by atoms with Crippen molar-refractivity contribution in [3.63, 3.8) is 0 Å². The highest BCUT2D eigenvalue weighted by Crippen LogP contribution is 2.25. The second-order valence-corrected chi connectivity index (χ2v) is 15.1. The third-order valence-electron chi connectivity index (χ3n) is 6.95. The number of hydrazone groups is 2. The van der Waals surface area contributed by atoms with Crippen molar-refractivity contribution in [2.45, 2.75) is 50.3 Å². The topological polar surface area (TPSA) is 155 Å². The zero-order valence-corrected chi connectivity index (χ0v) is 27.9. The Morgan fingerprint density at radius 3 is 1.51 bits per heavy atom. The minimum atomic E-state index is -3.30. The average molecular weight is 648 g/mol. The molecule has 0 bridgehead atoms. The van der Waals surface area contributed by atoms with Gasteiger partial charge < -0.3 is 5.32 Å². The fourth-order valence-electron chi connectivity index (χ4n) is 4.45. The summed E-state index contributed by atoms with van der Waals surface area (Å²) in [4.78, 5) is 9.62. The van der Waals surface area contributed by atoms with E-state index in [2.05, 4.69) is 63.2 Å². The van der Waals surface area contributed by atoms with Crippen LogP contribution in [0.2, 0.25) is 0 Å². The maximum atomic E-state index is 11.8. The number of aryl methyl sites for hydroxylation is 1. The molecule has 4 aromatic rings. The highest BCUT2D eigenvalue weighted by atomic mass is 32.2. The van der Waals surface area contributed by atoms with Gasteiger partial charge in [0.1, 0.15) is 0 Å². The fourth-order valence-corrected chi connectivity index (χ4v) is 5.71. The first-order chi connectivity index (χ1) is 21.1. The lowest BCUT2D eigenvalue weighted by molar-refractivity contribution is 0.600. The number of nitrogens with one attached hydrogen (secondary N) is 3. The second kappa shape index (κ2) is 13.6. The summed E-state index contributed by atoms with van der Waals surface area (Å²) in [7, 11) is -6.61. The summed E-state index contributed by atoms with van der Waals surface area (Å²) in [5, 5.41) is 12.2. The molecule has 45 heavy (non-hydrogen) atoms. The van der Waals surface area contributed by atoms with E-state index < -0.39 is 19.7 Å². The third-order valence-corrected chi connectivity index (χ3v) is 9.21. The zero-order chi connectivity index (χ0) is 32.9. The van der Waals surface area contributed by atoms with Crippen molar-refractivity contribution in [3.8, 4) is 0 Å². The van der Waals surface area contributed by atoms with Gasteiger partial charge in [0.25, 0.3) is 0 Å².